The maximum Gasteiger partial charge on any atom is 0.270 e. The van der Waals surface area contributed by atoms with Crippen molar-refractivity contribution in [3.63, 3.8) is 0 Å². The molecule has 0 saturated heterocycles. The number of methoxy groups -OCH3 is 1. The van der Waals surface area contributed by atoms with Crippen LogP contribution in [0.1, 0.15) is 48.5 Å². The minimum Gasteiger partial charge on any atom is -0.496 e. The van der Waals surface area contributed by atoms with E-state index in [1.165, 1.54) is 19.2 Å². The molecule has 0 radical (unpaired) electrons. The van der Waals surface area contributed by atoms with Gasteiger partial charge in [0.25, 0.3) is 11.8 Å². The average molecular weight is 482 g/mol. The Morgan fingerprint density at radius 3 is 2.50 bits per heavy atom. The first-order chi connectivity index (χ1) is 15.2. The largest absolute Gasteiger partial charge is 0.496 e. The van der Waals surface area contributed by atoms with Gasteiger partial charge in [0.1, 0.15) is 11.4 Å². The first-order valence-electron chi connectivity index (χ1n) is 10.1. The second-order valence-electron chi connectivity index (χ2n) is 7.47. The second-order valence-corrected chi connectivity index (χ2v) is 8.73. The quantitative estimate of drug-likeness (QED) is 0.423. The molecule has 1 heterocycles. The molecule has 0 unspecified atom stereocenters. The number of thiazole rings is 1. The SMILES string of the molecule is COc1cc(NC=O)c(Cl)cc1C(=O)Nc1nc(C(=O)NCCN(C(C)C)C(C)C)cs1. The van der Waals surface area contributed by atoms with Crippen LogP contribution in [0.5, 0.6) is 5.75 Å². The van der Waals surface area contributed by atoms with Gasteiger partial charge in [-0.05, 0) is 33.8 Å². The second kappa shape index (κ2) is 11.8. The monoisotopic (exact) mass is 481 g/mol. The first-order valence-corrected chi connectivity index (χ1v) is 11.3. The van der Waals surface area contributed by atoms with Crippen LogP contribution in [0.25, 0.3) is 0 Å². The number of nitrogens with one attached hydrogen (secondary N) is 3. The molecule has 3 amide bonds. The van der Waals surface area contributed by atoms with E-state index in [2.05, 4.69) is 53.5 Å². The Kier molecular flexibility index (Phi) is 9.42. The molecular weight excluding hydrogens is 454 g/mol. The molecule has 9 nitrogen and oxygen atoms in total. The molecule has 1 aromatic carbocycles. The van der Waals surface area contributed by atoms with E-state index in [4.69, 9.17) is 16.3 Å². The Balaban J connectivity index is 2.02. The third kappa shape index (κ3) is 6.65. The molecule has 0 bridgehead atoms. The Morgan fingerprint density at radius 2 is 1.91 bits per heavy atom. The predicted octanol–water partition coefficient (Wildman–Crippen LogP) is 3.47. The number of carbonyl (C=O) groups is 3. The van der Waals surface area contributed by atoms with Gasteiger partial charge in [0.15, 0.2) is 5.13 Å². The van der Waals surface area contributed by atoms with E-state index in [1.807, 2.05) is 0 Å². The highest BCUT2D eigenvalue weighted by Gasteiger charge is 2.19. The third-order valence-corrected chi connectivity index (χ3v) is 5.76. The number of halogens is 1. The van der Waals surface area contributed by atoms with Gasteiger partial charge in [-0.1, -0.05) is 11.6 Å². The van der Waals surface area contributed by atoms with Gasteiger partial charge in [0, 0.05) is 36.6 Å². The highest BCUT2D eigenvalue weighted by atomic mass is 35.5. The highest BCUT2D eigenvalue weighted by molar-refractivity contribution is 7.14. The normalized spacial score (nSPS) is 11.0. The van der Waals surface area contributed by atoms with E-state index in [0.29, 0.717) is 30.7 Å². The highest BCUT2D eigenvalue weighted by Crippen LogP contribution is 2.31. The van der Waals surface area contributed by atoms with Crippen molar-refractivity contribution in [3.05, 3.63) is 33.8 Å². The Morgan fingerprint density at radius 1 is 1.22 bits per heavy atom. The van der Waals surface area contributed by atoms with Gasteiger partial charge >= 0.3 is 0 Å². The minimum atomic E-state index is -0.507. The molecule has 0 aliphatic carbocycles. The van der Waals surface area contributed by atoms with Crippen LogP contribution in [-0.4, -0.2) is 60.4 Å². The van der Waals surface area contributed by atoms with Crippen LogP contribution in [0, 0.1) is 0 Å². The summed E-state index contributed by atoms with van der Waals surface area (Å²) in [7, 11) is 1.40. The summed E-state index contributed by atoms with van der Waals surface area (Å²) in [6, 6.07) is 3.59. The summed E-state index contributed by atoms with van der Waals surface area (Å²) in [5, 5.41) is 9.96. The van der Waals surface area contributed by atoms with Gasteiger partial charge in [-0.2, -0.15) is 0 Å². The molecule has 3 N–H and O–H groups in total. The molecule has 174 valence electrons. The lowest BCUT2D eigenvalue weighted by Gasteiger charge is -2.30. The third-order valence-electron chi connectivity index (χ3n) is 4.69. The van der Waals surface area contributed by atoms with Gasteiger partial charge in [0.2, 0.25) is 6.41 Å². The predicted molar refractivity (Wildman–Crippen MR) is 127 cm³/mol. The van der Waals surface area contributed by atoms with Crippen molar-refractivity contribution in [1.82, 2.24) is 15.2 Å². The molecule has 0 fully saturated rings. The maximum atomic E-state index is 12.7. The molecule has 0 aliphatic rings. The number of amides is 3. The van der Waals surface area contributed by atoms with Crippen LogP contribution >= 0.6 is 22.9 Å². The lowest BCUT2D eigenvalue weighted by atomic mass is 10.1. The summed E-state index contributed by atoms with van der Waals surface area (Å²) in [5.74, 6) is -0.586. The number of ether oxygens (including phenoxy) is 1. The molecule has 32 heavy (non-hydrogen) atoms. The summed E-state index contributed by atoms with van der Waals surface area (Å²) >= 11 is 7.25. The van der Waals surface area contributed by atoms with E-state index < -0.39 is 5.91 Å². The lowest BCUT2D eigenvalue weighted by molar-refractivity contribution is -0.105. The lowest BCUT2D eigenvalue weighted by Crippen LogP contribution is -2.42. The Hall–Kier alpha value is -2.69. The summed E-state index contributed by atoms with van der Waals surface area (Å²) in [5.41, 5.74) is 0.704. The number of nitrogens with zero attached hydrogens (tertiary/aromatic N) is 2. The first kappa shape index (κ1) is 25.6. The van der Waals surface area contributed by atoms with Crippen molar-refractivity contribution in [2.24, 2.45) is 0 Å². The molecule has 11 heteroatoms. The maximum absolute atomic E-state index is 12.7. The number of anilines is 2. The van der Waals surface area contributed by atoms with E-state index >= 15 is 0 Å². The van der Waals surface area contributed by atoms with Gasteiger partial charge < -0.3 is 15.4 Å². The molecule has 2 aromatic rings. The Bertz CT molecular complexity index is 956. The molecule has 0 atom stereocenters. The van der Waals surface area contributed by atoms with Crippen molar-refractivity contribution in [1.29, 1.82) is 0 Å². The molecule has 0 aliphatic heterocycles. The number of carbonyl (C=O) groups excluding carboxylic acids is 3. The fourth-order valence-corrected chi connectivity index (χ4v) is 4.08. The molecule has 0 spiro atoms. The van der Waals surface area contributed by atoms with Crippen LogP contribution in [0.2, 0.25) is 5.02 Å². The number of hydrogen-bond donors (Lipinski definition) is 3. The number of hydrogen-bond acceptors (Lipinski definition) is 7. The van der Waals surface area contributed by atoms with Gasteiger partial charge in [-0.3, -0.25) is 24.6 Å². The van der Waals surface area contributed by atoms with Crippen LogP contribution in [0.15, 0.2) is 17.5 Å². The van der Waals surface area contributed by atoms with E-state index in [-0.39, 0.29) is 33.1 Å². The smallest absolute Gasteiger partial charge is 0.270 e. The summed E-state index contributed by atoms with van der Waals surface area (Å²) in [4.78, 5) is 42.2. The zero-order chi connectivity index (χ0) is 23.8. The van der Waals surface area contributed by atoms with Crippen molar-refractivity contribution in [2.45, 2.75) is 39.8 Å². The van der Waals surface area contributed by atoms with E-state index in [1.54, 1.807) is 5.38 Å². The summed E-state index contributed by atoms with van der Waals surface area (Å²) in [6.07, 6.45) is 0.478. The van der Waals surface area contributed by atoms with Crippen molar-refractivity contribution < 1.29 is 19.1 Å². The zero-order valence-corrected chi connectivity index (χ0v) is 20.3. The van der Waals surface area contributed by atoms with Crippen LogP contribution in [0.4, 0.5) is 10.8 Å². The molecule has 1 aromatic heterocycles. The average Bonchev–Trinajstić information content (AvgIpc) is 3.20. The van der Waals surface area contributed by atoms with Crippen molar-refractivity contribution in [3.8, 4) is 5.75 Å². The molecular formula is C21H28ClN5O4S. The van der Waals surface area contributed by atoms with Gasteiger partial charge in [-0.25, -0.2) is 4.98 Å². The topological polar surface area (TPSA) is 113 Å². The van der Waals surface area contributed by atoms with Crippen molar-refractivity contribution in [2.75, 3.05) is 30.8 Å². The van der Waals surface area contributed by atoms with Gasteiger partial charge in [-0.15, -0.1) is 11.3 Å². The minimum absolute atomic E-state index is 0.164. The summed E-state index contributed by atoms with van der Waals surface area (Å²) in [6.45, 7) is 9.69. The van der Waals surface area contributed by atoms with Crippen LogP contribution in [-0.2, 0) is 4.79 Å². The fourth-order valence-electron chi connectivity index (χ4n) is 3.18. The molecule has 0 saturated carbocycles. The van der Waals surface area contributed by atoms with Gasteiger partial charge in [0.05, 0.1) is 23.4 Å². The number of rotatable bonds is 11. The fraction of sp³-hybridized carbons (Fsp3) is 0.429. The summed E-state index contributed by atoms with van der Waals surface area (Å²) < 4.78 is 5.23. The van der Waals surface area contributed by atoms with Crippen LogP contribution in [0.3, 0.4) is 0 Å². The zero-order valence-electron chi connectivity index (χ0n) is 18.7. The van der Waals surface area contributed by atoms with Crippen molar-refractivity contribution >= 4 is 52.0 Å². The van der Waals surface area contributed by atoms with Crippen LogP contribution < -0.4 is 20.7 Å². The van der Waals surface area contributed by atoms with E-state index in [0.717, 1.165) is 17.9 Å². The standard InChI is InChI=1S/C21H28ClN5O4S/c1-12(2)27(13(3)4)7-6-23-20(30)17-10-32-21(25-17)26-19(29)14-8-15(22)16(24-11-28)9-18(14)31-5/h8-13H,6-7H2,1-5H3,(H,23,30)(H,24,28)(H,25,26,29). The number of benzene rings is 1. The molecule has 2 rings (SSSR count). The Labute approximate surface area is 196 Å². The van der Waals surface area contributed by atoms with E-state index in [9.17, 15) is 14.4 Å². The number of aromatic nitrogens is 1.